The quantitative estimate of drug-likeness (QED) is 0.107. The standard InChI is InChI=1S/C31H34N4O.2C4H4O4/c1-25-24-29(33-31(32-25)28-16-9-4-10-17-28)36-23-11-18-34-19-21-35(22-20-34)30(26-12-5-2-6-13-26)27-14-7-3-8-15-27;2*5-3(6)1-2-4(7)8/h2-10,12-17,24,30H,11,18-23H2,1H3;2*1-2H,(H,5,6)(H,7,8)/b;2*2-1-. The van der Waals surface area contributed by atoms with Crippen LogP contribution in [0.5, 0.6) is 5.88 Å². The normalized spacial score (nSPS) is 13.1. The summed E-state index contributed by atoms with van der Waals surface area (Å²) in [4.78, 5) is 52.6. The maximum atomic E-state index is 9.55. The predicted molar refractivity (Wildman–Crippen MR) is 194 cm³/mol. The lowest BCUT2D eigenvalue weighted by Crippen LogP contribution is -2.48. The van der Waals surface area contributed by atoms with Gasteiger partial charge in [0.05, 0.1) is 12.6 Å². The van der Waals surface area contributed by atoms with Crippen molar-refractivity contribution >= 4 is 23.9 Å². The molecule has 1 saturated heterocycles. The van der Waals surface area contributed by atoms with E-state index in [1.807, 2.05) is 43.3 Å². The Labute approximate surface area is 301 Å². The summed E-state index contributed by atoms with van der Waals surface area (Å²) in [5, 5.41) is 31.2. The van der Waals surface area contributed by atoms with Gasteiger partial charge in [0.1, 0.15) is 0 Å². The van der Waals surface area contributed by atoms with E-state index in [9.17, 15) is 19.2 Å². The fourth-order valence-electron chi connectivity index (χ4n) is 5.21. The second kappa shape index (κ2) is 21.8. The monoisotopic (exact) mass is 710 g/mol. The van der Waals surface area contributed by atoms with Gasteiger partial charge in [-0.3, -0.25) is 4.90 Å². The van der Waals surface area contributed by atoms with Crippen molar-refractivity contribution in [3.63, 3.8) is 0 Å². The summed E-state index contributed by atoms with van der Waals surface area (Å²) in [5.41, 5.74) is 4.65. The SMILES string of the molecule is Cc1cc(OCCCN2CCN(C(c3ccccc3)c3ccccc3)CC2)nc(-c2ccccc2)n1.O=C(O)/C=C\C(=O)O.O=C(O)/C=C\C(=O)O. The number of aliphatic carboxylic acids is 4. The molecule has 4 aromatic rings. The molecule has 2 heterocycles. The lowest BCUT2D eigenvalue weighted by molar-refractivity contribution is -0.134. The Balaban J connectivity index is 0.000000380. The third-order valence-electron chi connectivity index (χ3n) is 7.47. The van der Waals surface area contributed by atoms with Gasteiger partial charge in [-0.2, -0.15) is 4.98 Å². The van der Waals surface area contributed by atoms with E-state index in [4.69, 9.17) is 25.2 Å². The topological polar surface area (TPSA) is 191 Å². The van der Waals surface area contributed by atoms with Crippen LogP contribution in [0.3, 0.4) is 0 Å². The van der Waals surface area contributed by atoms with Crippen LogP contribution >= 0.6 is 0 Å². The maximum absolute atomic E-state index is 9.55. The Morgan fingerprint density at radius 3 is 1.56 bits per heavy atom. The molecule has 3 aromatic carbocycles. The predicted octanol–water partition coefficient (Wildman–Crippen LogP) is 5.05. The number of hydrogen-bond acceptors (Lipinski definition) is 9. The van der Waals surface area contributed by atoms with E-state index in [-0.39, 0.29) is 0 Å². The van der Waals surface area contributed by atoms with Crippen LogP contribution in [-0.2, 0) is 19.2 Å². The van der Waals surface area contributed by atoms with Crippen LogP contribution in [0.2, 0.25) is 0 Å². The first-order valence-electron chi connectivity index (χ1n) is 16.4. The number of rotatable bonds is 13. The minimum Gasteiger partial charge on any atom is -0.478 e. The summed E-state index contributed by atoms with van der Waals surface area (Å²) in [6, 6.07) is 34.0. The van der Waals surface area contributed by atoms with Crippen LogP contribution in [0.15, 0.2) is 121 Å². The molecule has 272 valence electrons. The van der Waals surface area contributed by atoms with Crippen LogP contribution in [-0.4, -0.2) is 103 Å². The van der Waals surface area contributed by atoms with Gasteiger partial charge in [-0.05, 0) is 24.5 Å². The van der Waals surface area contributed by atoms with Gasteiger partial charge in [0, 0.05) is 74.4 Å². The molecule has 1 aliphatic rings. The molecule has 0 bridgehead atoms. The molecule has 0 unspecified atom stereocenters. The number of carboxylic acid groups (broad SMARTS) is 4. The Bertz CT molecular complexity index is 1670. The zero-order chi connectivity index (χ0) is 37.7. The van der Waals surface area contributed by atoms with Crippen molar-refractivity contribution in [3.8, 4) is 17.3 Å². The van der Waals surface area contributed by atoms with Crippen LogP contribution in [0, 0.1) is 6.92 Å². The smallest absolute Gasteiger partial charge is 0.328 e. The third kappa shape index (κ3) is 15.2. The molecule has 52 heavy (non-hydrogen) atoms. The highest BCUT2D eigenvalue weighted by Crippen LogP contribution is 2.29. The molecule has 5 rings (SSSR count). The van der Waals surface area contributed by atoms with Gasteiger partial charge in [0.2, 0.25) is 5.88 Å². The molecular weight excluding hydrogens is 668 g/mol. The molecule has 0 atom stereocenters. The summed E-state index contributed by atoms with van der Waals surface area (Å²) in [5.74, 6) is -3.66. The summed E-state index contributed by atoms with van der Waals surface area (Å²) in [6.07, 6.45) is 3.21. The van der Waals surface area contributed by atoms with Gasteiger partial charge >= 0.3 is 23.9 Å². The molecule has 1 fully saturated rings. The molecule has 4 N–H and O–H groups in total. The first kappa shape index (κ1) is 40.3. The van der Waals surface area contributed by atoms with Crippen LogP contribution in [0.1, 0.15) is 29.3 Å². The molecule has 0 saturated carbocycles. The minimum atomic E-state index is -1.26. The second-order valence-electron chi connectivity index (χ2n) is 11.4. The van der Waals surface area contributed by atoms with E-state index >= 15 is 0 Å². The molecule has 0 amide bonds. The highest BCUT2D eigenvalue weighted by atomic mass is 16.5. The van der Waals surface area contributed by atoms with Crippen LogP contribution < -0.4 is 4.74 Å². The van der Waals surface area contributed by atoms with Crippen LogP contribution in [0.25, 0.3) is 11.4 Å². The van der Waals surface area contributed by atoms with E-state index < -0.39 is 23.9 Å². The van der Waals surface area contributed by atoms with Crippen molar-refractivity contribution in [1.82, 2.24) is 19.8 Å². The molecule has 1 aromatic heterocycles. The number of ether oxygens (including phenoxy) is 1. The number of carbonyl (C=O) groups is 4. The molecule has 0 aliphatic carbocycles. The first-order valence-corrected chi connectivity index (χ1v) is 16.4. The number of nitrogens with zero attached hydrogens (tertiary/aromatic N) is 4. The van der Waals surface area contributed by atoms with Crippen molar-refractivity contribution < 1.29 is 44.3 Å². The number of piperazine rings is 1. The molecule has 1 aliphatic heterocycles. The van der Waals surface area contributed by atoms with Gasteiger partial charge in [0.15, 0.2) is 5.82 Å². The Hall–Kier alpha value is -6.18. The van der Waals surface area contributed by atoms with Gasteiger partial charge < -0.3 is 30.1 Å². The molecule has 13 nitrogen and oxygen atoms in total. The molecule has 13 heteroatoms. The van der Waals surface area contributed by atoms with Crippen molar-refractivity contribution in [2.24, 2.45) is 0 Å². The minimum absolute atomic E-state index is 0.303. The lowest BCUT2D eigenvalue weighted by Gasteiger charge is -2.39. The van der Waals surface area contributed by atoms with E-state index in [1.54, 1.807) is 0 Å². The average molecular weight is 711 g/mol. The Morgan fingerprint density at radius 1 is 0.673 bits per heavy atom. The zero-order valence-electron chi connectivity index (χ0n) is 28.7. The van der Waals surface area contributed by atoms with Crippen LogP contribution in [0.4, 0.5) is 0 Å². The second-order valence-corrected chi connectivity index (χ2v) is 11.4. The van der Waals surface area contributed by atoms with Crippen molar-refractivity contribution in [2.75, 3.05) is 39.3 Å². The number of aryl methyl sites for hydroxylation is 1. The first-order chi connectivity index (χ1) is 25.0. The molecular formula is C39H42N4O9. The van der Waals surface area contributed by atoms with E-state index in [0.717, 1.165) is 50.4 Å². The number of aromatic nitrogens is 2. The summed E-state index contributed by atoms with van der Waals surface area (Å²) >= 11 is 0. The van der Waals surface area contributed by atoms with E-state index in [0.29, 0.717) is 48.7 Å². The average Bonchev–Trinajstić information content (AvgIpc) is 3.14. The van der Waals surface area contributed by atoms with Gasteiger partial charge in [-0.1, -0.05) is 91.0 Å². The van der Waals surface area contributed by atoms with Gasteiger partial charge in [-0.15, -0.1) is 0 Å². The lowest BCUT2D eigenvalue weighted by atomic mass is 9.96. The number of benzene rings is 3. The molecule has 0 radical (unpaired) electrons. The highest BCUT2D eigenvalue weighted by molar-refractivity contribution is 5.90. The van der Waals surface area contributed by atoms with Gasteiger partial charge in [0.25, 0.3) is 0 Å². The zero-order valence-corrected chi connectivity index (χ0v) is 28.7. The Morgan fingerprint density at radius 2 is 1.12 bits per heavy atom. The summed E-state index contributed by atoms with van der Waals surface area (Å²) < 4.78 is 6.03. The Kier molecular flexibility index (Phi) is 16.9. The summed E-state index contributed by atoms with van der Waals surface area (Å²) in [7, 11) is 0. The number of carboxylic acids is 4. The molecule has 0 spiro atoms. The van der Waals surface area contributed by atoms with Crippen molar-refractivity contribution in [1.29, 1.82) is 0 Å². The van der Waals surface area contributed by atoms with E-state index in [2.05, 4.69) is 80.4 Å². The largest absolute Gasteiger partial charge is 0.478 e. The third-order valence-corrected chi connectivity index (χ3v) is 7.47. The van der Waals surface area contributed by atoms with E-state index in [1.165, 1.54) is 11.1 Å². The van der Waals surface area contributed by atoms with Crippen molar-refractivity contribution in [2.45, 2.75) is 19.4 Å². The van der Waals surface area contributed by atoms with Crippen molar-refractivity contribution in [3.05, 3.63) is 138 Å². The highest BCUT2D eigenvalue weighted by Gasteiger charge is 2.26. The summed E-state index contributed by atoms with van der Waals surface area (Å²) in [6.45, 7) is 7.93. The fourth-order valence-corrected chi connectivity index (χ4v) is 5.21. The number of hydrogen-bond donors (Lipinski definition) is 4. The fraction of sp³-hybridized carbons (Fsp3) is 0.231. The van der Waals surface area contributed by atoms with Gasteiger partial charge in [-0.25, -0.2) is 24.2 Å². The maximum Gasteiger partial charge on any atom is 0.328 e.